The van der Waals surface area contributed by atoms with Gasteiger partial charge in [0.2, 0.25) is 0 Å². The van der Waals surface area contributed by atoms with Crippen molar-refractivity contribution < 1.29 is 8.78 Å². The van der Waals surface area contributed by atoms with Gasteiger partial charge in [0.05, 0.1) is 0 Å². The lowest BCUT2D eigenvalue weighted by Crippen LogP contribution is -2.23. The minimum atomic E-state index is -0.372. The van der Waals surface area contributed by atoms with E-state index in [1.54, 1.807) is 6.92 Å². The van der Waals surface area contributed by atoms with Gasteiger partial charge < -0.3 is 5.32 Å². The van der Waals surface area contributed by atoms with Crippen LogP contribution in [0.15, 0.2) is 36.4 Å². The highest BCUT2D eigenvalue weighted by atomic mass is 19.1. The van der Waals surface area contributed by atoms with Crippen LogP contribution >= 0.6 is 0 Å². The van der Waals surface area contributed by atoms with Crippen LogP contribution in [0.1, 0.15) is 48.2 Å². The van der Waals surface area contributed by atoms with Crippen LogP contribution in [0, 0.1) is 25.5 Å². The van der Waals surface area contributed by atoms with E-state index >= 15 is 0 Å². The van der Waals surface area contributed by atoms with Gasteiger partial charge in [-0.05, 0) is 51.0 Å². The summed E-state index contributed by atoms with van der Waals surface area (Å²) in [6.07, 6.45) is 0. The summed E-state index contributed by atoms with van der Waals surface area (Å²) in [6.45, 7) is 7.47. The highest BCUT2D eigenvalue weighted by molar-refractivity contribution is 5.29. The molecule has 0 aliphatic heterocycles. The van der Waals surface area contributed by atoms with Gasteiger partial charge in [-0.25, -0.2) is 8.78 Å². The van der Waals surface area contributed by atoms with E-state index in [9.17, 15) is 8.78 Å². The Labute approximate surface area is 125 Å². The molecular formula is C18H21F2N. The van der Waals surface area contributed by atoms with E-state index in [1.165, 1.54) is 17.7 Å². The second-order valence-corrected chi connectivity index (χ2v) is 5.65. The van der Waals surface area contributed by atoms with Gasteiger partial charge in [-0.15, -0.1) is 0 Å². The van der Waals surface area contributed by atoms with E-state index in [0.29, 0.717) is 11.1 Å². The Balaban J connectivity index is 2.18. The maximum atomic E-state index is 14.0. The highest BCUT2D eigenvalue weighted by Crippen LogP contribution is 2.24. The molecule has 1 unspecified atom stereocenters. The van der Waals surface area contributed by atoms with Crippen LogP contribution in [0.2, 0.25) is 0 Å². The van der Waals surface area contributed by atoms with E-state index in [4.69, 9.17) is 0 Å². The molecule has 3 heteroatoms. The van der Waals surface area contributed by atoms with Gasteiger partial charge in [0.25, 0.3) is 0 Å². The van der Waals surface area contributed by atoms with Crippen molar-refractivity contribution in [2.45, 2.75) is 39.8 Å². The first-order valence-corrected chi connectivity index (χ1v) is 7.16. The third-order valence-corrected chi connectivity index (χ3v) is 3.79. The molecule has 0 spiro atoms. The standard InChI is InChI=1S/C18H21F2N/c1-11-6-5-7-15(8-11)13(3)21-14(4)16-10-17(19)12(2)9-18(16)20/h5-10,13-14,21H,1-4H3/t13-,14?/m1/s1. The molecule has 0 amide bonds. The van der Waals surface area contributed by atoms with E-state index in [0.717, 1.165) is 5.56 Å². The lowest BCUT2D eigenvalue weighted by atomic mass is 10.0. The fourth-order valence-corrected chi connectivity index (χ4v) is 2.49. The highest BCUT2D eigenvalue weighted by Gasteiger charge is 2.16. The van der Waals surface area contributed by atoms with Gasteiger partial charge in [-0.1, -0.05) is 29.8 Å². The van der Waals surface area contributed by atoms with Crippen molar-refractivity contribution in [2.24, 2.45) is 0 Å². The summed E-state index contributed by atoms with van der Waals surface area (Å²) in [4.78, 5) is 0. The smallest absolute Gasteiger partial charge is 0.128 e. The zero-order valence-electron chi connectivity index (χ0n) is 12.9. The number of hydrogen-bond acceptors (Lipinski definition) is 1. The topological polar surface area (TPSA) is 12.0 Å². The number of rotatable bonds is 4. The largest absolute Gasteiger partial charge is 0.304 e. The predicted octanol–water partition coefficient (Wildman–Crippen LogP) is 4.99. The molecule has 2 rings (SSSR count). The number of halogens is 2. The first-order chi connectivity index (χ1) is 9.88. The van der Waals surface area contributed by atoms with Crippen molar-refractivity contribution >= 4 is 0 Å². The maximum Gasteiger partial charge on any atom is 0.128 e. The molecule has 0 bridgehead atoms. The van der Waals surface area contributed by atoms with Crippen LogP contribution in [0.5, 0.6) is 0 Å². The summed E-state index contributed by atoms with van der Waals surface area (Å²) in [6, 6.07) is 10.5. The summed E-state index contributed by atoms with van der Waals surface area (Å²) < 4.78 is 27.6. The molecule has 0 saturated heterocycles. The third kappa shape index (κ3) is 3.67. The van der Waals surface area contributed by atoms with Crippen molar-refractivity contribution in [1.82, 2.24) is 5.32 Å². The summed E-state index contributed by atoms with van der Waals surface area (Å²) in [7, 11) is 0. The number of nitrogens with one attached hydrogen (secondary N) is 1. The zero-order chi connectivity index (χ0) is 15.6. The molecule has 1 N–H and O–H groups in total. The second-order valence-electron chi connectivity index (χ2n) is 5.65. The molecule has 112 valence electrons. The summed E-state index contributed by atoms with van der Waals surface area (Å²) in [5.74, 6) is -0.742. The minimum absolute atomic E-state index is 0.0589. The summed E-state index contributed by atoms with van der Waals surface area (Å²) in [5, 5.41) is 3.32. The summed E-state index contributed by atoms with van der Waals surface area (Å²) >= 11 is 0. The molecule has 0 fully saturated rings. The normalized spacial score (nSPS) is 14.0. The van der Waals surface area contributed by atoms with Crippen LogP contribution < -0.4 is 5.32 Å². The zero-order valence-corrected chi connectivity index (χ0v) is 12.9. The Bertz CT molecular complexity index is 637. The Morgan fingerprint density at radius 3 is 2.29 bits per heavy atom. The van der Waals surface area contributed by atoms with Crippen LogP contribution in [-0.4, -0.2) is 0 Å². The molecule has 2 aromatic carbocycles. The molecule has 0 aliphatic carbocycles. The van der Waals surface area contributed by atoms with Crippen molar-refractivity contribution in [3.8, 4) is 0 Å². The third-order valence-electron chi connectivity index (χ3n) is 3.79. The average Bonchev–Trinajstić information content (AvgIpc) is 2.42. The van der Waals surface area contributed by atoms with Crippen molar-refractivity contribution in [1.29, 1.82) is 0 Å². The maximum absolute atomic E-state index is 14.0. The van der Waals surface area contributed by atoms with Crippen LogP contribution in [0.3, 0.4) is 0 Å². The van der Waals surface area contributed by atoms with Crippen LogP contribution in [-0.2, 0) is 0 Å². The van der Waals surface area contributed by atoms with Gasteiger partial charge in [0, 0.05) is 17.6 Å². The Hall–Kier alpha value is -1.74. The molecular weight excluding hydrogens is 268 g/mol. The van der Waals surface area contributed by atoms with Gasteiger partial charge in [-0.2, -0.15) is 0 Å². The van der Waals surface area contributed by atoms with Gasteiger partial charge in [-0.3, -0.25) is 0 Å². The van der Waals surface area contributed by atoms with Crippen molar-refractivity contribution in [3.05, 3.63) is 70.3 Å². The average molecular weight is 289 g/mol. The van der Waals surface area contributed by atoms with Crippen LogP contribution in [0.25, 0.3) is 0 Å². The quantitative estimate of drug-likeness (QED) is 0.835. The molecule has 0 heterocycles. The first kappa shape index (κ1) is 15.6. The molecule has 0 saturated carbocycles. The van der Waals surface area contributed by atoms with E-state index in [-0.39, 0.29) is 23.7 Å². The monoisotopic (exact) mass is 289 g/mol. The van der Waals surface area contributed by atoms with Crippen LogP contribution in [0.4, 0.5) is 8.78 Å². The lowest BCUT2D eigenvalue weighted by Gasteiger charge is -2.22. The van der Waals surface area contributed by atoms with E-state index < -0.39 is 0 Å². The van der Waals surface area contributed by atoms with Gasteiger partial charge >= 0.3 is 0 Å². The molecule has 2 aromatic rings. The molecule has 2 atom stereocenters. The second kappa shape index (κ2) is 6.35. The number of benzene rings is 2. The molecule has 1 nitrogen and oxygen atoms in total. The molecule has 21 heavy (non-hydrogen) atoms. The first-order valence-electron chi connectivity index (χ1n) is 7.16. The number of aryl methyl sites for hydroxylation is 2. The minimum Gasteiger partial charge on any atom is -0.304 e. The van der Waals surface area contributed by atoms with Crippen molar-refractivity contribution in [2.75, 3.05) is 0 Å². The lowest BCUT2D eigenvalue weighted by molar-refractivity contribution is 0.469. The van der Waals surface area contributed by atoms with E-state index in [2.05, 4.69) is 11.4 Å². The fraction of sp³-hybridized carbons (Fsp3) is 0.333. The van der Waals surface area contributed by atoms with Gasteiger partial charge in [0.1, 0.15) is 11.6 Å². The Morgan fingerprint density at radius 1 is 0.905 bits per heavy atom. The Kier molecular flexibility index (Phi) is 4.73. The molecule has 0 radical (unpaired) electrons. The molecule has 0 aliphatic rings. The van der Waals surface area contributed by atoms with Gasteiger partial charge in [0.15, 0.2) is 0 Å². The predicted molar refractivity (Wildman–Crippen MR) is 82.2 cm³/mol. The SMILES string of the molecule is Cc1cccc([C@@H](C)NC(C)c2cc(F)c(C)cc2F)c1. The fourth-order valence-electron chi connectivity index (χ4n) is 2.49. The number of hydrogen-bond donors (Lipinski definition) is 1. The summed E-state index contributed by atoms with van der Waals surface area (Å²) in [5.41, 5.74) is 3.00. The van der Waals surface area contributed by atoms with Crippen molar-refractivity contribution in [3.63, 3.8) is 0 Å². The molecule has 0 aromatic heterocycles. The Morgan fingerprint density at radius 2 is 1.62 bits per heavy atom. The van der Waals surface area contributed by atoms with E-state index in [1.807, 2.05) is 39.0 Å².